The normalized spacial score (nSPS) is 19.0. The summed E-state index contributed by atoms with van der Waals surface area (Å²) in [7, 11) is 0. The van der Waals surface area contributed by atoms with Crippen LogP contribution in [0.2, 0.25) is 0 Å². The van der Waals surface area contributed by atoms with Crippen LogP contribution in [0.15, 0.2) is 170 Å². The Morgan fingerprint density at radius 3 is 1.14 bits per heavy atom. The minimum Gasteiger partial charge on any atom is -0.355 e. The molecule has 6 heterocycles. The van der Waals surface area contributed by atoms with Crippen LogP contribution in [0.5, 0.6) is 0 Å². The van der Waals surface area contributed by atoms with Crippen molar-refractivity contribution < 1.29 is 0 Å². The average Bonchev–Trinajstić information content (AvgIpc) is 3.88. The lowest BCUT2D eigenvalue weighted by Gasteiger charge is -2.45. The molecule has 3 aromatic heterocycles. The van der Waals surface area contributed by atoms with Crippen LogP contribution < -0.4 is 4.90 Å². The quantitative estimate of drug-likeness (QED) is 0.109. The minimum atomic E-state index is -0.0170. The van der Waals surface area contributed by atoms with E-state index in [9.17, 15) is 0 Å². The van der Waals surface area contributed by atoms with Gasteiger partial charge in [0.1, 0.15) is 0 Å². The first-order valence-electron chi connectivity index (χ1n) is 24.1. The maximum absolute atomic E-state index is 2.93. The molecule has 2 nitrogen and oxygen atoms in total. The van der Waals surface area contributed by atoms with E-state index in [1.165, 1.54) is 132 Å². The van der Waals surface area contributed by atoms with Crippen molar-refractivity contribution in [3.05, 3.63) is 203 Å². The molecule has 0 N–H and O–H groups in total. The molecule has 0 radical (unpaired) electrons. The van der Waals surface area contributed by atoms with Crippen molar-refractivity contribution in [1.29, 1.82) is 0 Å². The third-order valence-electron chi connectivity index (χ3n) is 16.5. The fourth-order valence-electron chi connectivity index (χ4n) is 13.8. The highest BCUT2D eigenvalue weighted by molar-refractivity contribution is 6.31. The van der Waals surface area contributed by atoms with Crippen molar-refractivity contribution in [1.82, 2.24) is 4.40 Å². The summed E-state index contributed by atoms with van der Waals surface area (Å²) in [5, 5.41) is 7.91. The molecule has 11 aromatic rings. The summed E-state index contributed by atoms with van der Waals surface area (Å²) in [5.74, 6) is 0.312. The summed E-state index contributed by atoms with van der Waals surface area (Å²) >= 11 is 0. The molecule has 4 aliphatic rings. The Labute approximate surface area is 386 Å². The second-order valence-corrected chi connectivity index (χ2v) is 21.9. The van der Waals surface area contributed by atoms with Crippen LogP contribution in [0.25, 0.3) is 93.4 Å². The number of rotatable bonds is 0. The molecule has 8 aromatic carbocycles. The molecule has 1 aliphatic carbocycles. The summed E-state index contributed by atoms with van der Waals surface area (Å²) in [5.41, 5.74) is 24.8. The second kappa shape index (κ2) is 12.4. The zero-order valence-electron chi connectivity index (χ0n) is 38.4. The maximum atomic E-state index is 2.93. The lowest BCUT2D eigenvalue weighted by atomic mass is 9.69. The summed E-state index contributed by atoms with van der Waals surface area (Å²) < 4.78 is 2.72. The summed E-state index contributed by atoms with van der Waals surface area (Å²) in [6.45, 7) is 14.2. The third kappa shape index (κ3) is 4.48. The number of fused-ring (bicyclic) bond motifs is 24. The SMILES string of the molecule is CC(C)(C)c1cc2c3c(c1)-c1ccccc1[C@H]1[C@@H]4c5ccccc5-c5c(c6c7ccccc7c7cc(C(C)(C)C)cc8c9ccccc9c5n6c87)-c5ccccc5[C@@H]4[C@@H](c4ccccc4-2)N31. The Morgan fingerprint density at radius 2 is 0.697 bits per heavy atom. The molecule has 0 saturated carbocycles. The number of nitrogens with zero attached hydrogens (tertiary/aromatic N) is 2. The number of anilines is 1. The molecular weight excluding hydrogens is 797 g/mol. The molecule has 316 valence electrons. The van der Waals surface area contributed by atoms with Crippen molar-refractivity contribution in [3.8, 4) is 44.5 Å². The van der Waals surface area contributed by atoms with Crippen molar-refractivity contribution in [2.24, 2.45) is 0 Å². The van der Waals surface area contributed by atoms with Gasteiger partial charge in [-0.2, -0.15) is 0 Å². The van der Waals surface area contributed by atoms with Crippen LogP contribution in [0.3, 0.4) is 0 Å². The minimum absolute atomic E-state index is 0.00307. The fourth-order valence-corrected chi connectivity index (χ4v) is 13.8. The van der Waals surface area contributed by atoms with Crippen LogP contribution in [-0.2, 0) is 10.8 Å². The molecule has 15 rings (SSSR count). The largest absolute Gasteiger partial charge is 0.355 e. The monoisotopic (exact) mass is 846 g/mol. The molecule has 0 amide bonds. The second-order valence-electron chi connectivity index (χ2n) is 21.9. The maximum Gasteiger partial charge on any atom is 0.0631 e. The van der Waals surface area contributed by atoms with Gasteiger partial charge in [0.25, 0.3) is 0 Å². The molecule has 0 spiro atoms. The summed E-state index contributed by atoms with van der Waals surface area (Å²) in [6, 6.07) is 67.0. The van der Waals surface area contributed by atoms with Crippen LogP contribution in [0, 0.1) is 0 Å². The standard InChI is InChI=1S/C64H50N2/c1-63(2,3)35-31-49-37-19-7-15-27-45(37)59-53-41-23-11-13-25-43(41)55-56(44-26-14-12-24-42(44)54(53)60-46-28-16-8-20-38(46)50(32-35)57(49)65(59)60)62-48-30-18-10-22-40(48)52-34-36(64(4,5)6)33-51-39-21-9-17-29-47(39)61(55)66(62)58(51)52/h7-34,53-54,59-60H,1-6H3/t53-,54+,59+,60-. The molecular formula is C64H50N2. The molecule has 1 saturated heterocycles. The Kier molecular flexibility index (Phi) is 6.96. The van der Waals surface area contributed by atoms with Gasteiger partial charge in [-0.05, 0) is 102 Å². The highest BCUT2D eigenvalue weighted by Crippen LogP contribution is 2.72. The van der Waals surface area contributed by atoms with Gasteiger partial charge >= 0.3 is 0 Å². The number of aromatic nitrogens is 1. The zero-order chi connectivity index (χ0) is 44.1. The Hall–Kier alpha value is -7.16. The Balaban J connectivity index is 1.15. The van der Waals surface area contributed by atoms with Crippen LogP contribution in [-0.4, -0.2) is 4.40 Å². The Morgan fingerprint density at radius 1 is 0.333 bits per heavy atom. The first kappa shape index (κ1) is 37.1. The van der Waals surface area contributed by atoms with Gasteiger partial charge in [-0.3, -0.25) is 0 Å². The number of hydrogen-bond acceptors (Lipinski definition) is 1. The smallest absolute Gasteiger partial charge is 0.0631 e. The molecule has 66 heavy (non-hydrogen) atoms. The van der Waals surface area contributed by atoms with E-state index in [1.807, 2.05) is 0 Å². The summed E-state index contributed by atoms with van der Waals surface area (Å²) in [4.78, 5) is 2.93. The lowest BCUT2D eigenvalue weighted by molar-refractivity contribution is 0.555. The Bertz CT molecular complexity index is 3710. The topological polar surface area (TPSA) is 7.65 Å². The van der Waals surface area contributed by atoms with Gasteiger partial charge in [-0.25, -0.2) is 0 Å². The van der Waals surface area contributed by atoms with E-state index in [4.69, 9.17) is 0 Å². The van der Waals surface area contributed by atoms with E-state index in [0.29, 0.717) is 0 Å². The van der Waals surface area contributed by atoms with Crippen LogP contribution in [0.1, 0.15) is 98.8 Å². The highest BCUT2D eigenvalue weighted by atomic mass is 15.3. The third-order valence-corrected chi connectivity index (χ3v) is 16.5. The van der Waals surface area contributed by atoms with E-state index >= 15 is 0 Å². The molecule has 1 fully saturated rings. The fraction of sp³-hybridized carbons (Fsp3) is 0.188. The van der Waals surface area contributed by atoms with Gasteiger partial charge in [-0.1, -0.05) is 187 Å². The number of benzene rings is 8. The van der Waals surface area contributed by atoms with Gasteiger partial charge in [-0.15, -0.1) is 0 Å². The van der Waals surface area contributed by atoms with Crippen LogP contribution >= 0.6 is 0 Å². The number of hydrogen-bond donors (Lipinski definition) is 0. The van der Waals surface area contributed by atoms with E-state index in [0.717, 1.165) is 0 Å². The van der Waals surface area contributed by atoms with Gasteiger partial charge in [0.05, 0.1) is 34.3 Å². The van der Waals surface area contributed by atoms with Gasteiger partial charge in [0, 0.05) is 55.6 Å². The van der Waals surface area contributed by atoms with Crippen LogP contribution in [0.4, 0.5) is 5.69 Å². The zero-order valence-corrected chi connectivity index (χ0v) is 38.4. The van der Waals surface area contributed by atoms with Gasteiger partial charge < -0.3 is 9.30 Å². The van der Waals surface area contributed by atoms with E-state index in [-0.39, 0.29) is 34.7 Å². The molecule has 2 heteroatoms. The van der Waals surface area contributed by atoms with E-state index in [2.05, 4.69) is 221 Å². The van der Waals surface area contributed by atoms with E-state index in [1.54, 1.807) is 0 Å². The predicted molar refractivity (Wildman–Crippen MR) is 278 cm³/mol. The van der Waals surface area contributed by atoms with Crippen molar-refractivity contribution in [3.63, 3.8) is 0 Å². The lowest BCUT2D eigenvalue weighted by Crippen LogP contribution is -2.34. The highest BCUT2D eigenvalue weighted by Gasteiger charge is 2.58. The molecule has 3 aliphatic heterocycles. The summed E-state index contributed by atoms with van der Waals surface area (Å²) in [6.07, 6.45) is 0. The van der Waals surface area contributed by atoms with E-state index < -0.39 is 0 Å². The molecule has 4 atom stereocenters. The predicted octanol–water partition coefficient (Wildman–Crippen LogP) is 17.1. The average molecular weight is 847 g/mol. The first-order valence-corrected chi connectivity index (χ1v) is 24.1. The molecule has 0 unspecified atom stereocenters. The number of pyridine rings is 2. The van der Waals surface area contributed by atoms with Crippen molar-refractivity contribution in [2.45, 2.75) is 76.3 Å². The molecule has 0 bridgehead atoms. The van der Waals surface area contributed by atoms with Crippen molar-refractivity contribution in [2.75, 3.05) is 4.90 Å². The van der Waals surface area contributed by atoms with Crippen molar-refractivity contribution >= 4 is 54.6 Å². The van der Waals surface area contributed by atoms with Gasteiger partial charge in [0.15, 0.2) is 0 Å². The first-order chi connectivity index (χ1) is 32.1. The van der Waals surface area contributed by atoms with Gasteiger partial charge in [0.2, 0.25) is 0 Å².